The minimum absolute atomic E-state index is 0.134. The summed E-state index contributed by atoms with van der Waals surface area (Å²) in [6, 6.07) is 1.67. The van der Waals surface area contributed by atoms with E-state index in [1.165, 1.54) is 10.9 Å². The lowest BCUT2D eigenvalue weighted by Crippen LogP contribution is -2.31. The first kappa shape index (κ1) is 23.7. The summed E-state index contributed by atoms with van der Waals surface area (Å²) in [5, 5.41) is 10.7. The third kappa shape index (κ3) is 6.26. The SMILES string of the molecule is CCn1cc(C(=O)NC/C(=N\OC(C)C)c2ncc(C#CC3CC3)cc2Cl)c(C(F)F)n1. The molecule has 1 N–H and O–H groups in total. The molecule has 0 spiro atoms. The molecule has 32 heavy (non-hydrogen) atoms. The van der Waals surface area contributed by atoms with Crippen LogP contribution in [0.2, 0.25) is 5.02 Å². The van der Waals surface area contributed by atoms with Gasteiger partial charge in [-0.2, -0.15) is 5.10 Å². The number of hydrogen-bond acceptors (Lipinski definition) is 5. The molecule has 2 aromatic rings. The maximum absolute atomic E-state index is 13.3. The molecule has 1 aliphatic rings. The fourth-order valence-electron chi connectivity index (χ4n) is 2.65. The highest BCUT2D eigenvalue weighted by Crippen LogP contribution is 2.27. The molecule has 0 unspecified atom stereocenters. The van der Waals surface area contributed by atoms with E-state index < -0.39 is 18.0 Å². The van der Waals surface area contributed by atoms with Crippen LogP contribution in [0.25, 0.3) is 0 Å². The molecule has 0 radical (unpaired) electrons. The summed E-state index contributed by atoms with van der Waals surface area (Å²) in [5.41, 5.74) is 0.460. The second kappa shape index (κ2) is 10.6. The molecule has 10 heteroatoms. The van der Waals surface area contributed by atoms with Gasteiger partial charge in [-0.1, -0.05) is 28.6 Å². The molecule has 1 aliphatic carbocycles. The zero-order chi connectivity index (χ0) is 23.3. The lowest BCUT2D eigenvalue weighted by atomic mass is 10.2. The van der Waals surface area contributed by atoms with Gasteiger partial charge >= 0.3 is 0 Å². The molecule has 170 valence electrons. The number of aryl methyl sites for hydroxylation is 1. The molecule has 1 amide bonds. The van der Waals surface area contributed by atoms with E-state index in [1.54, 1.807) is 33.0 Å². The van der Waals surface area contributed by atoms with Crippen LogP contribution in [0.15, 0.2) is 23.6 Å². The van der Waals surface area contributed by atoms with E-state index >= 15 is 0 Å². The molecule has 2 heterocycles. The minimum atomic E-state index is -2.87. The number of carbonyl (C=O) groups is 1. The van der Waals surface area contributed by atoms with Gasteiger partial charge in [0, 0.05) is 30.4 Å². The second-order valence-corrected chi connectivity index (χ2v) is 7.96. The standard InChI is InChI=1S/C22H24ClF2N5O2/c1-4-30-12-16(19(28-30)21(24)25)22(31)27-11-18(29-32-13(2)3)20-17(23)9-15(10-26-20)8-7-14-5-6-14/h9-10,12-14,21H,4-6,11H2,1-3H3,(H,27,31)/b29-18+. The molecular formula is C22H24ClF2N5O2. The Hall–Kier alpha value is -2.99. The predicted octanol–water partition coefficient (Wildman–Crippen LogP) is 4.21. The lowest BCUT2D eigenvalue weighted by molar-refractivity contribution is 0.0853. The van der Waals surface area contributed by atoms with Gasteiger partial charge in [-0.3, -0.25) is 14.5 Å². The second-order valence-electron chi connectivity index (χ2n) is 7.56. The Morgan fingerprint density at radius 3 is 2.78 bits per heavy atom. The zero-order valence-electron chi connectivity index (χ0n) is 18.0. The molecule has 0 saturated heterocycles. The summed E-state index contributed by atoms with van der Waals surface area (Å²) >= 11 is 6.40. The average Bonchev–Trinajstić information content (AvgIpc) is 3.48. The van der Waals surface area contributed by atoms with Crippen LogP contribution in [0, 0.1) is 17.8 Å². The predicted molar refractivity (Wildman–Crippen MR) is 117 cm³/mol. The molecule has 7 nitrogen and oxygen atoms in total. The van der Waals surface area contributed by atoms with Crippen LogP contribution in [0.4, 0.5) is 8.78 Å². The van der Waals surface area contributed by atoms with Crippen LogP contribution in [-0.2, 0) is 11.4 Å². The van der Waals surface area contributed by atoms with Crippen LogP contribution in [0.1, 0.15) is 67.3 Å². The molecule has 3 rings (SSSR count). The molecule has 0 atom stereocenters. The van der Waals surface area contributed by atoms with Crippen LogP contribution in [0.3, 0.4) is 0 Å². The number of aromatic nitrogens is 3. The number of nitrogens with one attached hydrogen (secondary N) is 1. The summed E-state index contributed by atoms with van der Waals surface area (Å²) in [6.45, 7) is 5.55. The molecule has 1 saturated carbocycles. The first-order valence-electron chi connectivity index (χ1n) is 10.3. The summed E-state index contributed by atoms with van der Waals surface area (Å²) in [5.74, 6) is 5.91. The summed E-state index contributed by atoms with van der Waals surface area (Å²) < 4.78 is 27.8. The Balaban J connectivity index is 1.80. The monoisotopic (exact) mass is 463 g/mol. The third-order valence-electron chi connectivity index (χ3n) is 4.47. The third-order valence-corrected chi connectivity index (χ3v) is 4.76. The molecule has 0 bridgehead atoms. The van der Waals surface area contributed by atoms with Crippen molar-refractivity contribution in [3.8, 4) is 11.8 Å². The first-order valence-corrected chi connectivity index (χ1v) is 10.7. The van der Waals surface area contributed by atoms with Gasteiger partial charge in [0.15, 0.2) is 0 Å². The van der Waals surface area contributed by atoms with Gasteiger partial charge in [-0.25, -0.2) is 8.78 Å². The highest BCUT2D eigenvalue weighted by Gasteiger charge is 2.24. The number of oxime groups is 1. The summed E-state index contributed by atoms with van der Waals surface area (Å²) in [6.07, 6.45) is 1.98. The molecular weight excluding hydrogens is 440 g/mol. The summed E-state index contributed by atoms with van der Waals surface area (Å²) in [7, 11) is 0. The van der Waals surface area contributed by atoms with Gasteiger partial charge in [0.25, 0.3) is 12.3 Å². The number of hydrogen-bond donors (Lipinski definition) is 1. The van der Waals surface area contributed by atoms with Crippen molar-refractivity contribution >= 4 is 23.2 Å². The van der Waals surface area contributed by atoms with Gasteiger partial charge in [-0.15, -0.1) is 0 Å². The molecule has 2 aromatic heterocycles. The van der Waals surface area contributed by atoms with Gasteiger partial charge in [0.1, 0.15) is 23.2 Å². The van der Waals surface area contributed by atoms with Crippen molar-refractivity contribution in [2.45, 2.75) is 52.7 Å². The Morgan fingerprint density at radius 1 is 1.44 bits per heavy atom. The van der Waals surface area contributed by atoms with Crippen molar-refractivity contribution in [2.24, 2.45) is 11.1 Å². The summed E-state index contributed by atoms with van der Waals surface area (Å²) in [4.78, 5) is 22.3. The van der Waals surface area contributed by atoms with Crippen molar-refractivity contribution in [1.82, 2.24) is 20.1 Å². The molecule has 1 fully saturated rings. The van der Waals surface area contributed by atoms with Gasteiger partial charge < -0.3 is 10.2 Å². The highest BCUT2D eigenvalue weighted by molar-refractivity contribution is 6.34. The van der Waals surface area contributed by atoms with Crippen LogP contribution >= 0.6 is 11.6 Å². The number of rotatable bonds is 8. The zero-order valence-corrected chi connectivity index (χ0v) is 18.8. The van der Waals surface area contributed by atoms with E-state index in [2.05, 4.69) is 32.4 Å². The Bertz CT molecular complexity index is 1070. The number of halogens is 3. The van der Waals surface area contributed by atoms with Gasteiger partial charge in [-0.05, 0) is 39.7 Å². The number of amides is 1. The van der Waals surface area contributed by atoms with Crippen LogP contribution in [0.5, 0.6) is 0 Å². The fraction of sp³-hybridized carbons (Fsp3) is 0.455. The van der Waals surface area contributed by atoms with Crippen molar-refractivity contribution in [1.29, 1.82) is 0 Å². The quantitative estimate of drug-likeness (QED) is 0.361. The average molecular weight is 464 g/mol. The number of carbonyl (C=O) groups excluding carboxylic acids is 1. The minimum Gasteiger partial charge on any atom is -0.393 e. The maximum Gasteiger partial charge on any atom is 0.282 e. The van der Waals surface area contributed by atoms with Crippen molar-refractivity contribution in [3.05, 3.63) is 46.0 Å². The van der Waals surface area contributed by atoms with Crippen molar-refractivity contribution in [2.75, 3.05) is 6.54 Å². The van der Waals surface area contributed by atoms with E-state index in [1.807, 2.05) is 0 Å². The van der Waals surface area contributed by atoms with Gasteiger partial charge in [0.05, 0.1) is 17.1 Å². The van der Waals surface area contributed by atoms with Crippen molar-refractivity contribution in [3.63, 3.8) is 0 Å². The van der Waals surface area contributed by atoms with Crippen LogP contribution < -0.4 is 5.32 Å². The first-order chi connectivity index (χ1) is 15.3. The fourth-order valence-corrected chi connectivity index (χ4v) is 2.93. The van der Waals surface area contributed by atoms with Gasteiger partial charge in [0.2, 0.25) is 0 Å². The smallest absolute Gasteiger partial charge is 0.282 e. The number of pyridine rings is 1. The molecule has 0 aromatic carbocycles. The Morgan fingerprint density at radius 2 is 2.19 bits per heavy atom. The van der Waals surface area contributed by atoms with E-state index in [0.717, 1.165) is 12.8 Å². The topological polar surface area (TPSA) is 81.4 Å². The van der Waals surface area contributed by atoms with E-state index in [-0.39, 0.29) is 23.9 Å². The number of alkyl halides is 2. The normalized spacial score (nSPS) is 13.8. The molecule has 0 aliphatic heterocycles. The lowest BCUT2D eigenvalue weighted by Gasteiger charge is -2.11. The Kier molecular flexibility index (Phi) is 7.80. The van der Waals surface area contributed by atoms with Crippen LogP contribution in [-0.4, -0.2) is 39.0 Å². The van der Waals surface area contributed by atoms with Crippen molar-refractivity contribution < 1.29 is 18.4 Å². The van der Waals surface area contributed by atoms with E-state index in [4.69, 9.17) is 16.4 Å². The largest absolute Gasteiger partial charge is 0.393 e. The van der Waals surface area contributed by atoms with E-state index in [0.29, 0.717) is 28.7 Å². The Labute approximate surface area is 190 Å². The number of nitrogens with zero attached hydrogens (tertiary/aromatic N) is 4. The van der Waals surface area contributed by atoms with E-state index in [9.17, 15) is 13.6 Å². The maximum atomic E-state index is 13.3. The highest BCUT2D eigenvalue weighted by atomic mass is 35.5.